The number of aromatic nitrogens is 1. The number of carboxylic acid groups (broad SMARTS) is 1. The van der Waals surface area contributed by atoms with Gasteiger partial charge in [-0.1, -0.05) is 0 Å². The molecule has 2 heterocycles. The summed E-state index contributed by atoms with van der Waals surface area (Å²) in [5.41, 5.74) is 0.0929. The number of nitrogens with one attached hydrogen (secondary N) is 2. The molecule has 0 spiro atoms. The van der Waals surface area contributed by atoms with Crippen LogP contribution in [0.3, 0.4) is 0 Å². The summed E-state index contributed by atoms with van der Waals surface area (Å²) in [6, 6.07) is 2.06. The summed E-state index contributed by atoms with van der Waals surface area (Å²) >= 11 is 0. The highest BCUT2D eigenvalue weighted by Gasteiger charge is 2.24. The molecule has 0 radical (unpaired) electrons. The van der Waals surface area contributed by atoms with E-state index in [4.69, 9.17) is 5.11 Å². The summed E-state index contributed by atoms with van der Waals surface area (Å²) in [7, 11) is 0. The smallest absolute Gasteiger partial charge is 0.337 e. The SMILES string of the molecule is O=C(O)c1ccc(C(=O)NC2CCCNC2=O)nc1. The molecule has 3 N–H and O–H groups in total. The van der Waals surface area contributed by atoms with Crippen molar-refractivity contribution in [1.29, 1.82) is 0 Å². The molecule has 1 aliphatic heterocycles. The lowest BCUT2D eigenvalue weighted by Gasteiger charge is -2.22. The van der Waals surface area contributed by atoms with Crippen LogP contribution in [-0.2, 0) is 4.79 Å². The Morgan fingerprint density at radius 1 is 1.42 bits per heavy atom. The quantitative estimate of drug-likeness (QED) is 0.699. The number of hydrogen-bond acceptors (Lipinski definition) is 4. The molecule has 19 heavy (non-hydrogen) atoms. The average Bonchev–Trinajstić information content (AvgIpc) is 2.41. The van der Waals surface area contributed by atoms with Crippen LogP contribution in [0.2, 0.25) is 0 Å². The molecule has 7 heteroatoms. The lowest BCUT2D eigenvalue weighted by molar-refractivity contribution is -0.124. The van der Waals surface area contributed by atoms with Gasteiger partial charge in [0, 0.05) is 12.7 Å². The second kappa shape index (κ2) is 5.47. The van der Waals surface area contributed by atoms with E-state index in [0.29, 0.717) is 13.0 Å². The standard InChI is InChI=1S/C12H13N3O4/c16-10-9(2-1-5-13-10)15-11(17)8-4-3-7(6-14-8)12(18)19/h3-4,6,9H,1-2,5H2,(H,13,16)(H,15,17)(H,18,19). The van der Waals surface area contributed by atoms with E-state index in [0.717, 1.165) is 12.6 Å². The van der Waals surface area contributed by atoms with Gasteiger partial charge in [0.2, 0.25) is 5.91 Å². The second-order valence-corrected chi connectivity index (χ2v) is 4.20. The zero-order valence-electron chi connectivity index (χ0n) is 10.0. The first-order chi connectivity index (χ1) is 9.08. The maximum Gasteiger partial charge on any atom is 0.337 e. The van der Waals surface area contributed by atoms with E-state index in [9.17, 15) is 14.4 Å². The summed E-state index contributed by atoms with van der Waals surface area (Å²) in [6.07, 6.45) is 2.50. The van der Waals surface area contributed by atoms with Crippen molar-refractivity contribution in [3.05, 3.63) is 29.6 Å². The monoisotopic (exact) mass is 263 g/mol. The molecule has 100 valence electrons. The molecule has 0 aliphatic carbocycles. The van der Waals surface area contributed by atoms with Gasteiger partial charge in [0.1, 0.15) is 11.7 Å². The minimum Gasteiger partial charge on any atom is -0.478 e. The Hall–Kier alpha value is -2.44. The number of piperidine rings is 1. The van der Waals surface area contributed by atoms with Crippen molar-refractivity contribution in [2.75, 3.05) is 6.54 Å². The van der Waals surface area contributed by atoms with E-state index in [-0.39, 0.29) is 17.2 Å². The number of amides is 2. The van der Waals surface area contributed by atoms with Gasteiger partial charge < -0.3 is 15.7 Å². The molecule has 1 saturated heterocycles. The number of pyridine rings is 1. The van der Waals surface area contributed by atoms with Crippen LogP contribution in [0.5, 0.6) is 0 Å². The van der Waals surface area contributed by atoms with Gasteiger partial charge >= 0.3 is 5.97 Å². The van der Waals surface area contributed by atoms with Gasteiger partial charge in [0.05, 0.1) is 5.56 Å². The summed E-state index contributed by atoms with van der Waals surface area (Å²) in [5, 5.41) is 14.0. The van der Waals surface area contributed by atoms with Gasteiger partial charge in [-0.2, -0.15) is 0 Å². The highest BCUT2D eigenvalue weighted by atomic mass is 16.4. The number of nitrogens with zero attached hydrogens (tertiary/aromatic N) is 1. The largest absolute Gasteiger partial charge is 0.478 e. The molecule has 7 nitrogen and oxygen atoms in total. The van der Waals surface area contributed by atoms with Crippen molar-refractivity contribution in [2.24, 2.45) is 0 Å². The van der Waals surface area contributed by atoms with Crippen molar-refractivity contribution in [2.45, 2.75) is 18.9 Å². The summed E-state index contributed by atoms with van der Waals surface area (Å²) in [6.45, 7) is 0.622. The maximum absolute atomic E-state index is 11.8. The van der Waals surface area contributed by atoms with E-state index >= 15 is 0 Å². The molecule has 1 unspecified atom stereocenters. The van der Waals surface area contributed by atoms with Crippen molar-refractivity contribution < 1.29 is 19.5 Å². The molecule has 0 aromatic carbocycles. The fourth-order valence-corrected chi connectivity index (χ4v) is 1.80. The zero-order valence-corrected chi connectivity index (χ0v) is 10.0. The van der Waals surface area contributed by atoms with Crippen LogP contribution >= 0.6 is 0 Å². The third kappa shape index (κ3) is 3.06. The van der Waals surface area contributed by atoms with Gasteiger partial charge in [-0.3, -0.25) is 14.6 Å². The molecule has 0 bridgehead atoms. The predicted molar refractivity (Wildman–Crippen MR) is 64.7 cm³/mol. The van der Waals surface area contributed by atoms with E-state index in [1.807, 2.05) is 0 Å². The third-order valence-corrected chi connectivity index (χ3v) is 2.83. The minimum atomic E-state index is -1.11. The third-order valence-electron chi connectivity index (χ3n) is 2.83. The lowest BCUT2D eigenvalue weighted by Crippen LogP contribution is -2.50. The lowest BCUT2D eigenvalue weighted by atomic mass is 10.1. The van der Waals surface area contributed by atoms with Crippen molar-refractivity contribution in [1.82, 2.24) is 15.6 Å². The minimum absolute atomic E-state index is 0.00644. The number of rotatable bonds is 3. The van der Waals surface area contributed by atoms with Gasteiger partial charge in [0.15, 0.2) is 0 Å². The molecule has 0 saturated carbocycles. The Balaban J connectivity index is 2.03. The van der Waals surface area contributed by atoms with E-state index < -0.39 is 17.9 Å². The number of carboxylic acids is 1. The molecule has 2 rings (SSSR count). The van der Waals surface area contributed by atoms with Crippen LogP contribution < -0.4 is 10.6 Å². The molecular formula is C12H13N3O4. The molecule has 1 aliphatic rings. The number of hydrogen-bond donors (Lipinski definition) is 3. The number of carbonyl (C=O) groups excluding carboxylic acids is 2. The van der Waals surface area contributed by atoms with Crippen LogP contribution in [0.25, 0.3) is 0 Å². The normalized spacial score (nSPS) is 18.5. The Kier molecular flexibility index (Phi) is 3.74. The summed E-state index contributed by atoms with van der Waals surface area (Å²) < 4.78 is 0. The van der Waals surface area contributed by atoms with Crippen molar-refractivity contribution in [3.8, 4) is 0 Å². The Bertz CT molecular complexity index is 512. The van der Waals surface area contributed by atoms with Crippen LogP contribution in [-0.4, -0.2) is 40.5 Å². The molecule has 1 fully saturated rings. The van der Waals surface area contributed by atoms with E-state index in [1.54, 1.807) is 0 Å². The second-order valence-electron chi connectivity index (χ2n) is 4.20. The molecular weight excluding hydrogens is 250 g/mol. The Morgan fingerprint density at radius 2 is 2.21 bits per heavy atom. The van der Waals surface area contributed by atoms with Crippen LogP contribution in [0.15, 0.2) is 18.3 Å². The van der Waals surface area contributed by atoms with Gasteiger partial charge in [0.25, 0.3) is 5.91 Å². The highest BCUT2D eigenvalue weighted by Crippen LogP contribution is 2.05. The first-order valence-electron chi connectivity index (χ1n) is 5.86. The number of aromatic carboxylic acids is 1. The molecule has 1 atom stereocenters. The van der Waals surface area contributed by atoms with Gasteiger partial charge in [-0.25, -0.2) is 4.79 Å². The molecule has 1 aromatic heterocycles. The highest BCUT2D eigenvalue weighted by molar-refractivity contribution is 5.97. The number of carbonyl (C=O) groups is 3. The van der Waals surface area contributed by atoms with Crippen molar-refractivity contribution >= 4 is 17.8 Å². The Labute approximate surface area is 109 Å². The molecule has 2 amide bonds. The van der Waals surface area contributed by atoms with Crippen LogP contribution in [0.1, 0.15) is 33.7 Å². The van der Waals surface area contributed by atoms with Crippen LogP contribution in [0, 0.1) is 0 Å². The fraction of sp³-hybridized carbons (Fsp3) is 0.333. The predicted octanol–water partition coefficient (Wildman–Crippen LogP) is -0.212. The average molecular weight is 263 g/mol. The summed E-state index contributed by atoms with van der Waals surface area (Å²) in [5.74, 6) is -1.80. The summed E-state index contributed by atoms with van der Waals surface area (Å²) in [4.78, 5) is 37.7. The Morgan fingerprint density at radius 3 is 2.79 bits per heavy atom. The van der Waals surface area contributed by atoms with Crippen LogP contribution in [0.4, 0.5) is 0 Å². The topological polar surface area (TPSA) is 108 Å². The van der Waals surface area contributed by atoms with E-state index in [1.165, 1.54) is 12.1 Å². The molecule has 1 aromatic rings. The first kappa shape index (κ1) is 13.0. The zero-order chi connectivity index (χ0) is 13.8. The fourth-order valence-electron chi connectivity index (χ4n) is 1.80. The van der Waals surface area contributed by atoms with Gasteiger partial charge in [-0.05, 0) is 25.0 Å². The van der Waals surface area contributed by atoms with Crippen molar-refractivity contribution in [3.63, 3.8) is 0 Å². The first-order valence-corrected chi connectivity index (χ1v) is 5.86. The van der Waals surface area contributed by atoms with E-state index in [2.05, 4.69) is 15.6 Å². The maximum atomic E-state index is 11.8. The van der Waals surface area contributed by atoms with Gasteiger partial charge in [-0.15, -0.1) is 0 Å².